The maximum absolute atomic E-state index is 14.0. The van der Waals surface area contributed by atoms with E-state index in [1.54, 1.807) is 0 Å². The summed E-state index contributed by atoms with van der Waals surface area (Å²) in [7, 11) is 0. The van der Waals surface area contributed by atoms with Gasteiger partial charge in [-0.15, -0.1) is 0 Å². The van der Waals surface area contributed by atoms with Gasteiger partial charge in [0, 0.05) is 6.42 Å². The van der Waals surface area contributed by atoms with Crippen molar-refractivity contribution in [3.8, 4) is 0 Å². The van der Waals surface area contributed by atoms with Crippen molar-refractivity contribution in [2.45, 2.75) is 55.2 Å². The number of hydrogen-bond acceptors (Lipinski definition) is 1. The van der Waals surface area contributed by atoms with Gasteiger partial charge in [0.2, 0.25) is 5.67 Å². The van der Waals surface area contributed by atoms with Crippen LogP contribution in [0.25, 0.3) is 0 Å². The van der Waals surface area contributed by atoms with Gasteiger partial charge in [0.05, 0.1) is 0 Å². The third kappa shape index (κ3) is 2.07. The van der Waals surface area contributed by atoms with Gasteiger partial charge in [0.25, 0.3) is 11.5 Å². The van der Waals surface area contributed by atoms with Gasteiger partial charge >= 0.3 is 12.4 Å². The summed E-state index contributed by atoms with van der Waals surface area (Å²) >= 11 is 0. The second-order valence-corrected chi connectivity index (χ2v) is 4.42. The Bertz CT molecular complexity index is 331. The Hall–Kier alpha value is -0.670. The molecule has 1 saturated carbocycles. The van der Waals surface area contributed by atoms with Crippen molar-refractivity contribution in [2.75, 3.05) is 0 Å². The number of rotatable bonds is 1. The van der Waals surface area contributed by atoms with E-state index in [1.165, 1.54) is 0 Å². The highest BCUT2D eigenvalue weighted by Crippen LogP contribution is 2.60. The Morgan fingerprint density at radius 1 is 0.737 bits per heavy atom. The molecule has 1 aliphatic carbocycles. The highest BCUT2D eigenvalue weighted by Gasteiger charge is 2.86. The quantitative estimate of drug-likeness (QED) is 0.731. The Kier molecular flexibility index (Phi) is 3.59. The van der Waals surface area contributed by atoms with Crippen molar-refractivity contribution in [1.82, 2.24) is 0 Å². The number of hydrogen-bond donors (Lipinski definition) is 1. The molecule has 19 heavy (non-hydrogen) atoms. The zero-order valence-corrected chi connectivity index (χ0v) is 9.18. The van der Waals surface area contributed by atoms with E-state index in [1.807, 2.05) is 0 Å². The lowest BCUT2D eigenvalue weighted by Gasteiger charge is -2.48. The molecule has 1 fully saturated rings. The summed E-state index contributed by atoms with van der Waals surface area (Å²) in [5, 5.41) is 8.80. The van der Waals surface area contributed by atoms with Gasteiger partial charge in [0.15, 0.2) is 0 Å². The maximum Gasteiger partial charge on any atom is 0.429 e. The minimum Gasteiger partial charge on any atom is -0.371 e. The van der Waals surface area contributed by atoms with Crippen LogP contribution in [0.3, 0.4) is 0 Å². The molecule has 1 unspecified atom stereocenters. The van der Waals surface area contributed by atoms with Crippen LogP contribution in [0.4, 0.5) is 39.5 Å². The SMILES string of the molecule is OC(C(F)(F)F)(C(F)(F)F)C1(F)CCCCC1(F)F. The molecule has 0 aromatic heterocycles. The second-order valence-electron chi connectivity index (χ2n) is 4.42. The van der Waals surface area contributed by atoms with E-state index < -0.39 is 55.2 Å². The molecule has 10 heteroatoms. The van der Waals surface area contributed by atoms with Crippen molar-refractivity contribution in [3.05, 3.63) is 0 Å². The van der Waals surface area contributed by atoms with E-state index in [0.29, 0.717) is 0 Å². The van der Waals surface area contributed by atoms with Crippen LogP contribution in [-0.4, -0.2) is 34.7 Å². The Balaban J connectivity index is 3.49. The van der Waals surface area contributed by atoms with Crippen LogP contribution in [0.2, 0.25) is 0 Å². The fourth-order valence-electron chi connectivity index (χ4n) is 2.15. The average molecular weight is 304 g/mol. The first-order chi connectivity index (χ1) is 8.21. The van der Waals surface area contributed by atoms with Crippen LogP contribution in [-0.2, 0) is 0 Å². The molecule has 1 N–H and O–H groups in total. The number of halogens is 9. The molecule has 0 aromatic carbocycles. The highest BCUT2D eigenvalue weighted by atomic mass is 19.4. The minimum atomic E-state index is -6.61. The largest absolute Gasteiger partial charge is 0.429 e. The normalized spacial score (nSPS) is 29.4. The first-order valence-electron chi connectivity index (χ1n) is 5.13. The van der Waals surface area contributed by atoms with Crippen LogP contribution >= 0.6 is 0 Å². The summed E-state index contributed by atoms with van der Waals surface area (Å²) in [5.41, 5.74) is -11.2. The standard InChI is InChI=1S/C9H9F9O/c10-5(3-1-2-4-6(5,11)12)7(19,8(13,14)15)9(16,17)18/h19H,1-4H2. The van der Waals surface area contributed by atoms with Gasteiger partial charge in [-0.2, -0.15) is 26.3 Å². The van der Waals surface area contributed by atoms with E-state index in [2.05, 4.69) is 0 Å². The fourth-order valence-corrected chi connectivity index (χ4v) is 2.15. The molecule has 114 valence electrons. The van der Waals surface area contributed by atoms with Crippen LogP contribution in [0.5, 0.6) is 0 Å². The van der Waals surface area contributed by atoms with Gasteiger partial charge in [-0.3, -0.25) is 0 Å². The van der Waals surface area contributed by atoms with Gasteiger partial charge in [-0.25, -0.2) is 13.2 Å². The molecule has 1 rings (SSSR count). The molecule has 0 amide bonds. The molecule has 1 nitrogen and oxygen atoms in total. The molecule has 0 radical (unpaired) electrons. The lowest BCUT2D eigenvalue weighted by atomic mass is 9.70. The molecule has 0 aromatic rings. The summed E-state index contributed by atoms with van der Waals surface area (Å²) in [6.07, 6.45) is -17.5. The summed E-state index contributed by atoms with van der Waals surface area (Å²) in [6.45, 7) is 0. The Morgan fingerprint density at radius 2 is 1.11 bits per heavy atom. The van der Waals surface area contributed by atoms with Crippen molar-refractivity contribution in [1.29, 1.82) is 0 Å². The van der Waals surface area contributed by atoms with E-state index >= 15 is 0 Å². The lowest BCUT2D eigenvalue weighted by molar-refractivity contribution is -0.428. The van der Waals surface area contributed by atoms with Crippen LogP contribution < -0.4 is 0 Å². The Morgan fingerprint density at radius 3 is 1.42 bits per heavy atom. The van der Waals surface area contributed by atoms with E-state index in [-0.39, 0.29) is 0 Å². The summed E-state index contributed by atoms with van der Waals surface area (Å²) in [4.78, 5) is 0. The summed E-state index contributed by atoms with van der Waals surface area (Å²) < 4.78 is 115. The van der Waals surface area contributed by atoms with E-state index in [0.717, 1.165) is 0 Å². The van der Waals surface area contributed by atoms with Crippen molar-refractivity contribution < 1.29 is 44.6 Å². The molecule has 0 aliphatic heterocycles. The monoisotopic (exact) mass is 304 g/mol. The number of alkyl halides is 9. The predicted molar refractivity (Wildman–Crippen MR) is 44.3 cm³/mol. The number of aliphatic hydroxyl groups is 1. The maximum atomic E-state index is 14.0. The smallest absolute Gasteiger partial charge is 0.371 e. The summed E-state index contributed by atoms with van der Waals surface area (Å²) in [5.74, 6) is -4.93. The lowest BCUT2D eigenvalue weighted by Crippen LogP contribution is -2.75. The van der Waals surface area contributed by atoms with Gasteiger partial charge in [-0.1, -0.05) is 0 Å². The zero-order valence-electron chi connectivity index (χ0n) is 9.18. The van der Waals surface area contributed by atoms with Crippen LogP contribution in [0.15, 0.2) is 0 Å². The average Bonchev–Trinajstić information content (AvgIpc) is 2.17. The van der Waals surface area contributed by atoms with Crippen molar-refractivity contribution in [3.63, 3.8) is 0 Å². The highest BCUT2D eigenvalue weighted by molar-refractivity contribution is 5.16. The third-order valence-corrected chi connectivity index (χ3v) is 3.24. The van der Waals surface area contributed by atoms with Crippen molar-refractivity contribution >= 4 is 0 Å². The van der Waals surface area contributed by atoms with Gasteiger partial charge in [0.1, 0.15) is 0 Å². The molecule has 0 heterocycles. The predicted octanol–water partition coefficient (Wildman–Crippen LogP) is 3.76. The van der Waals surface area contributed by atoms with Crippen LogP contribution in [0.1, 0.15) is 25.7 Å². The second kappa shape index (κ2) is 4.16. The molecule has 0 spiro atoms. The minimum absolute atomic E-state index is 0.426. The molecule has 0 bridgehead atoms. The summed E-state index contributed by atoms with van der Waals surface area (Å²) in [6, 6.07) is 0. The van der Waals surface area contributed by atoms with E-state index in [9.17, 15) is 39.5 Å². The molecule has 0 saturated heterocycles. The van der Waals surface area contributed by atoms with Gasteiger partial charge in [-0.05, 0) is 19.3 Å². The fraction of sp³-hybridized carbons (Fsp3) is 1.00. The van der Waals surface area contributed by atoms with Crippen LogP contribution in [0, 0.1) is 0 Å². The third-order valence-electron chi connectivity index (χ3n) is 3.24. The zero-order chi connectivity index (χ0) is 15.3. The molecular weight excluding hydrogens is 295 g/mol. The van der Waals surface area contributed by atoms with E-state index in [4.69, 9.17) is 5.11 Å². The first kappa shape index (κ1) is 16.4. The van der Waals surface area contributed by atoms with Gasteiger partial charge < -0.3 is 5.11 Å². The molecular formula is C9H9F9O. The van der Waals surface area contributed by atoms with Crippen molar-refractivity contribution in [2.24, 2.45) is 0 Å². The topological polar surface area (TPSA) is 20.2 Å². The molecule has 1 atom stereocenters. The first-order valence-corrected chi connectivity index (χ1v) is 5.13. The Labute approximate surface area is 101 Å². The molecule has 1 aliphatic rings.